The van der Waals surface area contributed by atoms with Gasteiger partial charge in [0.2, 0.25) is 0 Å². The van der Waals surface area contributed by atoms with E-state index in [4.69, 9.17) is 28.4 Å². The summed E-state index contributed by atoms with van der Waals surface area (Å²) >= 11 is 0. The molecule has 11 atom stereocenters. The van der Waals surface area contributed by atoms with Gasteiger partial charge in [-0.3, -0.25) is 9.59 Å². The molecular formula is C57H94O15. The number of aliphatic hydroxyl groups excluding tert-OH is 7. The summed E-state index contributed by atoms with van der Waals surface area (Å²) in [6.45, 7) is 2.39. The molecule has 72 heavy (non-hydrogen) atoms. The normalized spacial score (nSPS) is 25.7. The number of aliphatic hydroxyl groups is 7. The maximum absolute atomic E-state index is 13.0. The molecule has 2 rings (SSSR count). The van der Waals surface area contributed by atoms with Gasteiger partial charge in [0.05, 0.1) is 19.8 Å². The largest absolute Gasteiger partial charge is 0.462 e. The second kappa shape index (κ2) is 43.0. The number of hydrogen-bond donors (Lipinski definition) is 7. The van der Waals surface area contributed by atoms with E-state index in [9.17, 15) is 45.3 Å². The molecule has 0 amide bonds. The molecule has 4 unspecified atom stereocenters. The molecule has 0 aliphatic carbocycles. The molecule has 0 saturated carbocycles. The van der Waals surface area contributed by atoms with E-state index < -0.39 is 99.3 Å². The molecule has 0 aromatic heterocycles. The molecule has 2 aliphatic rings. The van der Waals surface area contributed by atoms with Gasteiger partial charge in [0.25, 0.3) is 0 Å². The Bertz CT molecular complexity index is 1570. The zero-order valence-electron chi connectivity index (χ0n) is 43.6. The highest BCUT2D eigenvalue weighted by molar-refractivity contribution is 5.70. The number of unbranched alkanes of at least 4 members (excludes halogenated alkanes) is 13. The summed E-state index contributed by atoms with van der Waals surface area (Å²) < 4.78 is 33.5. The predicted molar refractivity (Wildman–Crippen MR) is 279 cm³/mol. The first-order valence-electron chi connectivity index (χ1n) is 27.2. The molecule has 412 valence electrons. The average molecular weight is 1020 g/mol. The molecule has 0 spiro atoms. The van der Waals surface area contributed by atoms with Gasteiger partial charge in [-0.2, -0.15) is 0 Å². The van der Waals surface area contributed by atoms with Crippen molar-refractivity contribution >= 4 is 11.9 Å². The summed E-state index contributed by atoms with van der Waals surface area (Å²) in [4.78, 5) is 25.8. The second-order valence-electron chi connectivity index (χ2n) is 18.7. The first-order valence-corrected chi connectivity index (χ1v) is 27.2. The van der Waals surface area contributed by atoms with Crippen LogP contribution in [0.3, 0.4) is 0 Å². The number of ether oxygens (including phenoxy) is 6. The standard InChI is InChI=1S/C57H94O15/c1-3-5-7-9-11-13-15-17-19-20-21-22-23-24-26-27-29-31-33-35-37-39-48(59)67-42-45(70-49(60)40-38-36-34-32-30-28-25-18-16-14-12-10-8-6-4-2)43-68-56-55(66)53(64)51(62)47(72-56)44-69-57-54(65)52(63)50(61)46(41-58)71-57/h6,8,12,14,18-20,22-23,25-27,31,33,45-47,50-58,61-66H,3-5,7,9-11,13,15-17,21,24,28-30,32,34-44H2,1-2H3/b8-6+,14-12+,20-19+,23-22+,25-18+,27-26+,33-31+/t45-,46+,47+,50-,51-,52?,53?,54?,55?,56+,57+/m0/s1. The summed E-state index contributed by atoms with van der Waals surface area (Å²) in [6, 6.07) is 0. The highest BCUT2D eigenvalue weighted by Crippen LogP contribution is 2.26. The fourth-order valence-corrected chi connectivity index (χ4v) is 7.93. The van der Waals surface area contributed by atoms with Crippen molar-refractivity contribution in [3.8, 4) is 0 Å². The maximum Gasteiger partial charge on any atom is 0.306 e. The Balaban J connectivity index is 1.82. The quantitative estimate of drug-likeness (QED) is 0.0173. The summed E-state index contributed by atoms with van der Waals surface area (Å²) in [5.74, 6) is -1.02. The third-order valence-corrected chi connectivity index (χ3v) is 12.4. The van der Waals surface area contributed by atoms with Gasteiger partial charge >= 0.3 is 11.9 Å². The van der Waals surface area contributed by atoms with Gasteiger partial charge in [-0.25, -0.2) is 0 Å². The molecule has 0 bridgehead atoms. The lowest BCUT2D eigenvalue weighted by Gasteiger charge is -2.42. The Morgan fingerprint density at radius 1 is 0.458 bits per heavy atom. The Hall–Kier alpha value is -3.32. The van der Waals surface area contributed by atoms with Gasteiger partial charge < -0.3 is 64.2 Å². The van der Waals surface area contributed by atoms with Crippen LogP contribution in [0.4, 0.5) is 0 Å². The number of carbonyl (C=O) groups excluding carboxylic acids is 2. The monoisotopic (exact) mass is 1020 g/mol. The molecular weight excluding hydrogens is 925 g/mol. The van der Waals surface area contributed by atoms with Crippen LogP contribution in [-0.2, 0) is 38.0 Å². The smallest absolute Gasteiger partial charge is 0.306 e. The molecule has 0 aromatic carbocycles. The second-order valence-corrected chi connectivity index (χ2v) is 18.7. The number of hydrogen-bond acceptors (Lipinski definition) is 15. The van der Waals surface area contributed by atoms with Crippen LogP contribution in [0, 0.1) is 0 Å². The third-order valence-electron chi connectivity index (χ3n) is 12.4. The van der Waals surface area contributed by atoms with Crippen LogP contribution in [0.5, 0.6) is 0 Å². The molecule has 15 nitrogen and oxygen atoms in total. The fraction of sp³-hybridized carbons (Fsp3) is 0.719. The molecule has 0 radical (unpaired) electrons. The van der Waals surface area contributed by atoms with Crippen molar-refractivity contribution in [1.82, 2.24) is 0 Å². The van der Waals surface area contributed by atoms with Gasteiger partial charge in [0.15, 0.2) is 18.7 Å². The minimum absolute atomic E-state index is 0.129. The Labute approximate surface area is 431 Å². The van der Waals surface area contributed by atoms with Crippen molar-refractivity contribution in [2.45, 2.75) is 235 Å². The fourth-order valence-electron chi connectivity index (χ4n) is 7.93. The van der Waals surface area contributed by atoms with Crippen LogP contribution in [0.25, 0.3) is 0 Å². The van der Waals surface area contributed by atoms with E-state index in [1.54, 1.807) is 0 Å². The van der Waals surface area contributed by atoms with Crippen LogP contribution in [0.2, 0.25) is 0 Å². The maximum atomic E-state index is 13.0. The minimum Gasteiger partial charge on any atom is -0.462 e. The van der Waals surface area contributed by atoms with Crippen molar-refractivity contribution in [2.75, 3.05) is 26.4 Å². The van der Waals surface area contributed by atoms with E-state index in [1.165, 1.54) is 44.9 Å². The number of esters is 2. The summed E-state index contributed by atoms with van der Waals surface area (Å²) in [5.41, 5.74) is 0. The summed E-state index contributed by atoms with van der Waals surface area (Å²) in [5, 5.41) is 72.1. The van der Waals surface area contributed by atoms with Crippen LogP contribution in [-0.4, -0.2) is 142 Å². The molecule has 7 N–H and O–H groups in total. The molecule has 15 heteroatoms. The molecule has 2 saturated heterocycles. The highest BCUT2D eigenvalue weighted by Gasteiger charge is 2.47. The van der Waals surface area contributed by atoms with E-state index in [0.29, 0.717) is 19.3 Å². The van der Waals surface area contributed by atoms with E-state index >= 15 is 0 Å². The Kier molecular flexibility index (Phi) is 38.7. The van der Waals surface area contributed by atoms with Crippen molar-refractivity contribution in [3.63, 3.8) is 0 Å². The lowest BCUT2D eigenvalue weighted by Crippen LogP contribution is -2.61. The summed E-state index contributed by atoms with van der Waals surface area (Å²) in [7, 11) is 0. The van der Waals surface area contributed by atoms with Crippen LogP contribution in [0.1, 0.15) is 168 Å². The molecule has 2 fully saturated rings. The topological polar surface area (TPSA) is 231 Å². The van der Waals surface area contributed by atoms with Gasteiger partial charge in [-0.1, -0.05) is 157 Å². The van der Waals surface area contributed by atoms with Gasteiger partial charge in [-0.05, 0) is 83.5 Å². The van der Waals surface area contributed by atoms with Crippen molar-refractivity contribution < 1.29 is 73.8 Å². The predicted octanol–water partition coefficient (Wildman–Crippen LogP) is 8.38. The Morgan fingerprint density at radius 2 is 0.889 bits per heavy atom. The zero-order valence-corrected chi connectivity index (χ0v) is 43.6. The summed E-state index contributed by atoms with van der Waals surface area (Å²) in [6.07, 6.45) is 36.2. The van der Waals surface area contributed by atoms with Gasteiger partial charge in [0.1, 0.15) is 55.4 Å². The molecule has 2 heterocycles. The number of allylic oxidation sites excluding steroid dienone is 14. The van der Waals surface area contributed by atoms with Crippen LogP contribution < -0.4 is 0 Å². The van der Waals surface area contributed by atoms with E-state index in [1.807, 2.05) is 6.08 Å². The van der Waals surface area contributed by atoms with Gasteiger partial charge in [0, 0.05) is 12.8 Å². The molecule has 0 aromatic rings. The van der Waals surface area contributed by atoms with Crippen molar-refractivity contribution in [2.24, 2.45) is 0 Å². The van der Waals surface area contributed by atoms with E-state index in [0.717, 1.165) is 77.0 Å². The number of rotatable bonds is 41. The Morgan fingerprint density at radius 3 is 1.42 bits per heavy atom. The van der Waals surface area contributed by atoms with Gasteiger partial charge in [-0.15, -0.1) is 0 Å². The third kappa shape index (κ3) is 30.1. The first-order chi connectivity index (χ1) is 35.0. The highest BCUT2D eigenvalue weighted by atomic mass is 16.7. The van der Waals surface area contributed by atoms with Crippen LogP contribution >= 0.6 is 0 Å². The van der Waals surface area contributed by atoms with Crippen molar-refractivity contribution in [3.05, 3.63) is 85.1 Å². The SMILES string of the molecule is CC/C=C/C/C=C/C/C=C/CCCCCCCC(=O)O[C@@H](COC(=O)CCC/C=C/C/C=C/C/C=C/C/C=C/CCCCCCCCC)CO[C@@H]1O[C@H](CO[C@@H]2O[C@H](CO)[C@H](O)C(O)C2O)[C@H](O)C(O)C1O. The average Bonchev–Trinajstić information content (AvgIpc) is 3.37. The van der Waals surface area contributed by atoms with E-state index in [-0.39, 0.29) is 19.4 Å². The first kappa shape index (κ1) is 64.8. The molecule has 2 aliphatic heterocycles. The lowest BCUT2D eigenvalue weighted by atomic mass is 9.98. The number of carbonyl (C=O) groups is 2. The lowest BCUT2D eigenvalue weighted by molar-refractivity contribution is -0.332. The van der Waals surface area contributed by atoms with Crippen LogP contribution in [0.15, 0.2) is 85.1 Å². The minimum atomic E-state index is -1.78. The van der Waals surface area contributed by atoms with E-state index in [2.05, 4.69) is 92.8 Å². The zero-order chi connectivity index (χ0) is 52.4. The van der Waals surface area contributed by atoms with Crippen molar-refractivity contribution in [1.29, 1.82) is 0 Å².